The molecule has 34 heavy (non-hydrogen) atoms. The molecule has 5 rings (SSSR count). The van der Waals surface area contributed by atoms with Gasteiger partial charge in [-0.25, -0.2) is 9.97 Å². The maximum atomic E-state index is 13.7. The van der Waals surface area contributed by atoms with Crippen LogP contribution in [0.5, 0.6) is 0 Å². The van der Waals surface area contributed by atoms with E-state index >= 15 is 0 Å². The first-order chi connectivity index (χ1) is 16.7. The number of carbonyl (C=O) groups excluding carboxylic acids is 1. The fourth-order valence-electron chi connectivity index (χ4n) is 5.53. The largest absolute Gasteiger partial charge is 0.336 e. The van der Waals surface area contributed by atoms with Gasteiger partial charge in [-0.15, -0.1) is 0 Å². The number of amides is 1. The minimum Gasteiger partial charge on any atom is -0.336 e. The maximum Gasteiger partial charge on any atom is 0.233 e. The van der Waals surface area contributed by atoms with Gasteiger partial charge < -0.3 is 4.90 Å². The van der Waals surface area contributed by atoms with Crippen molar-refractivity contribution in [1.29, 1.82) is 0 Å². The van der Waals surface area contributed by atoms with Gasteiger partial charge in [-0.1, -0.05) is 92.2 Å². The molecule has 0 bridgehead atoms. The van der Waals surface area contributed by atoms with E-state index in [0.29, 0.717) is 28.7 Å². The number of benzene rings is 2. The second kappa shape index (κ2) is 11.1. The molecular formula is C28H32ClN3OS. The van der Waals surface area contributed by atoms with E-state index in [9.17, 15) is 4.79 Å². The molecule has 0 spiro atoms. The zero-order valence-corrected chi connectivity index (χ0v) is 21.2. The molecule has 6 heteroatoms. The van der Waals surface area contributed by atoms with Gasteiger partial charge in [0.1, 0.15) is 5.03 Å². The highest BCUT2D eigenvalue weighted by atomic mass is 35.5. The predicted molar refractivity (Wildman–Crippen MR) is 141 cm³/mol. The van der Waals surface area contributed by atoms with Crippen LogP contribution in [0.4, 0.5) is 0 Å². The van der Waals surface area contributed by atoms with Crippen LogP contribution in [0, 0.1) is 0 Å². The van der Waals surface area contributed by atoms with Gasteiger partial charge >= 0.3 is 0 Å². The van der Waals surface area contributed by atoms with Crippen LogP contribution in [0.25, 0.3) is 22.3 Å². The van der Waals surface area contributed by atoms with Gasteiger partial charge in [-0.3, -0.25) is 4.79 Å². The van der Waals surface area contributed by atoms with Crippen molar-refractivity contribution in [2.24, 2.45) is 0 Å². The van der Waals surface area contributed by atoms with Crippen molar-refractivity contribution in [3.63, 3.8) is 0 Å². The Kier molecular flexibility index (Phi) is 7.70. The number of hydrogen-bond donors (Lipinski definition) is 0. The first-order valence-electron chi connectivity index (χ1n) is 12.7. The van der Waals surface area contributed by atoms with E-state index in [-0.39, 0.29) is 5.91 Å². The van der Waals surface area contributed by atoms with Crippen molar-refractivity contribution in [3.05, 3.63) is 53.6 Å². The van der Waals surface area contributed by atoms with Crippen molar-refractivity contribution in [3.8, 4) is 11.4 Å². The van der Waals surface area contributed by atoms with Gasteiger partial charge in [0.25, 0.3) is 0 Å². The number of hydrogen-bond acceptors (Lipinski definition) is 4. The number of nitrogens with zero attached hydrogens (tertiary/aromatic N) is 3. The Morgan fingerprint density at radius 2 is 1.53 bits per heavy atom. The molecular weight excluding hydrogens is 462 g/mol. The Bertz CT molecular complexity index is 1110. The predicted octanol–water partition coefficient (Wildman–Crippen LogP) is 7.54. The lowest BCUT2D eigenvalue weighted by Crippen LogP contribution is -2.49. The molecule has 0 saturated heterocycles. The average molecular weight is 494 g/mol. The molecule has 0 unspecified atom stereocenters. The third-order valence-corrected chi connectivity index (χ3v) is 8.42. The SMILES string of the molecule is O=C(CSc1nc(-c2ccccc2)nc2ccc(Cl)cc12)N(C1CCCCC1)C1CCCCC1. The second-order valence-electron chi connectivity index (χ2n) is 9.55. The second-order valence-corrected chi connectivity index (χ2v) is 11.0. The van der Waals surface area contributed by atoms with Gasteiger partial charge in [0.15, 0.2) is 5.82 Å². The number of rotatable bonds is 6. The Morgan fingerprint density at radius 1 is 0.882 bits per heavy atom. The van der Waals surface area contributed by atoms with E-state index in [4.69, 9.17) is 21.6 Å². The van der Waals surface area contributed by atoms with Gasteiger partial charge in [0.05, 0.1) is 11.3 Å². The average Bonchev–Trinajstić information content (AvgIpc) is 2.89. The topological polar surface area (TPSA) is 46.1 Å². The molecule has 0 radical (unpaired) electrons. The van der Waals surface area contributed by atoms with Gasteiger partial charge in [-0.2, -0.15) is 0 Å². The molecule has 4 nitrogen and oxygen atoms in total. The van der Waals surface area contributed by atoms with Crippen molar-refractivity contribution in [2.45, 2.75) is 81.3 Å². The van der Waals surface area contributed by atoms with E-state index in [1.807, 2.05) is 48.5 Å². The third-order valence-electron chi connectivity index (χ3n) is 7.21. The summed E-state index contributed by atoms with van der Waals surface area (Å²) in [6.45, 7) is 0. The highest BCUT2D eigenvalue weighted by molar-refractivity contribution is 8.00. The number of fused-ring (bicyclic) bond motifs is 1. The minimum absolute atomic E-state index is 0.263. The summed E-state index contributed by atoms with van der Waals surface area (Å²) in [6, 6.07) is 16.5. The Hall–Kier alpha value is -2.11. The Morgan fingerprint density at radius 3 is 2.18 bits per heavy atom. The van der Waals surface area contributed by atoms with Crippen molar-refractivity contribution in [2.75, 3.05) is 5.75 Å². The standard InChI is InChI=1S/C28H32ClN3OS/c29-21-16-17-25-24(18-21)28(31-27(30-25)20-10-4-1-5-11-20)34-19-26(33)32(22-12-6-2-7-13-22)23-14-8-3-9-15-23/h1,4-5,10-11,16-18,22-23H,2-3,6-9,12-15,19H2. The summed E-state index contributed by atoms with van der Waals surface area (Å²) in [5, 5.41) is 2.39. The summed E-state index contributed by atoms with van der Waals surface area (Å²) in [5.74, 6) is 1.35. The Labute approximate surface area is 211 Å². The van der Waals surface area contributed by atoms with Crippen LogP contribution in [0.3, 0.4) is 0 Å². The lowest BCUT2D eigenvalue weighted by molar-refractivity contribution is -0.135. The van der Waals surface area contributed by atoms with E-state index < -0.39 is 0 Å². The fraction of sp³-hybridized carbons (Fsp3) is 0.464. The first-order valence-corrected chi connectivity index (χ1v) is 14.0. The van der Waals surface area contributed by atoms with Gasteiger partial charge in [0.2, 0.25) is 5.91 Å². The molecule has 0 atom stereocenters. The molecule has 3 aromatic rings. The number of carbonyl (C=O) groups is 1. The smallest absolute Gasteiger partial charge is 0.233 e. The molecule has 1 amide bonds. The normalized spacial score (nSPS) is 17.7. The fourth-order valence-corrected chi connectivity index (χ4v) is 6.58. The molecule has 2 aliphatic carbocycles. The van der Waals surface area contributed by atoms with Crippen molar-refractivity contribution >= 4 is 40.2 Å². The van der Waals surface area contributed by atoms with Crippen LogP contribution >= 0.6 is 23.4 Å². The number of aromatic nitrogens is 2. The summed E-state index contributed by atoms with van der Waals surface area (Å²) in [4.78, 5) is 25.7. The zero-order valence-electron chi connectivity index (χ0n) is 19.6. The number of thioether (sulfide) groups is 1. The first kappa shape index (κ1) is 23.6. The molecule has 2 aliphatic rings. The molecule has 178 valence electrons. The Balaban J connectivity index is 1.42. The quantitative estimate of drug-likeness (QED) is 0.263. The zero-order chi connectivity index (χ0) is 23.3. The summed E-state index contributed by atoms with van der Waals surface area (Å²) in [6.07, 6.45) is 12.2. The molecule has 0 N–H and O–H groups in total. The minimum atomic E-state index is 0.263. The summed E-state index contributed by atoms with van der Waals surface area (Å²) < 4.78 is 0. The van der Waals surface area contributed by atoms with E-state index in [0.717, 1.165) is 47.2 Å². The van der Waals surface area contributed by atoms with Crippen LogP contribution < -0.4 is 0 Å². The van der Waals surface area contributed by atoms with Crippen molar-refractivity contribution < 1.29 is 4.79 Å². The van der Waals surface area contributed by atoms with Crippen LogP contribution in [-0.2, 0) is 4.79 Å². The molecule has 0 aliphatic heterocycles. The summed E-state index contributed by atoms with van der Waals surface area (Å²) in [7, 11) is 0. The lowest BCUT2D eigenvalue weighted by atomic mass is 9.88. The van der Waals surface area contributed by atoms with Crippen LogP contribution in [0.1, 0.15) is 64.2 Å². The van der Waals surface area contributed by atoms with E-state index in [1.54, 1.807) is 0 Å². The molecule has 2 aromatic carbocycles. The summed E-state index contributed by atoms with van der Waals surface area (Å²) >= 11 is 7.85. The third kappa shape index (κ3) is 5.41. The van der Waals surface area contributed by atoms with Gasteiger partial charge in [-0.05, 0) is 43.9 Å². The molecule has 1 aromatic heterocycles. The van der Waals surface area contributed by atoms with Crippen LogP contribution in [-0.4, -0.2) is 38.6 Å². The highest BCUT2D eigenvalue weighted by Crippen LogP contribution is 2.33. The molecule has 2 saturated carbocycles. The summed E-state index contributed by atoms with van der Waals surface area (Å²) in [5.41, 5.74) is 1.82. The van der Waals surface area contributed by atoms with E-state index in [2.05, 4.69) is 4.90 Å². The maximum absolute atomic E-state index is 13.7. The lowest BCUT2D eigenvalue weighted by Gasteiger charge is -2.41. The monoisotopic (exact) mass is 493 g/mol. The molecule has 2 fully saturated rings. The number of halogens is 1. The van der Waals surface area contributed by atoms with Gasteiger partial charge in [0, 0.05) is 28.1 Å². The van der Waals surface area contributed by atoms with E-state index in [1.165, 1.54) is 50.3 Å². The highest BCUT2D eigenvalue weighted by Gasteiger charge is 2.32. The van der Waals surface area contributed by atoms with Crippen LogP contribution in [0.2, 0.25) is 5.02 Å². The molecule has 1 heterocycles. The van der Waals surface area contributed by atoms with Crippen LogP contribution in [0.15, 0.2) is 53.6 Å². The van der Waals surface area contributed by atoms with Crippen molar-refractivity contribution in [1.82, 2.24) is 14.9 Å².